The van der Waals surface area contributed by atoms with Gasteiger partial charge in [-0.05, 0) is 6.07 Å². The van der Waals surface area contributed by atoms with Crippen LogP contribution in [0.25, 0.3) is 11.0 Å². The molecule has 3 rings (SSSR count). The maximum Gasteiger partial charge on any atom is 0.159 e. The Morgan fingerprint density at radius 2 is 2.39 bits per heavy atom. The molecule has 1 aliphatic rings. The molecule has 2 aromatic rings. The molecule has 6 heteroatoms. The molecule has 0 radical (unpaired) electrons. The first-order valence-electron chi connectivity index (χ1n) is 5.99. The minimum absolute atomic E-state index is 0.0372. The number of hydrogen-bond acceptors (Lipinski definition) is 4. The Bertz CT molecular complexity index is 570. The first kappa shape index (κ1) is 11.4. The maximum absolute atomic E-state index is 13.5. The second-order valence-corrected chi connectivity index (χ2v) is 4.66. The van der Waals surface area contributed by atoms with Crippen LogP contribution in [0.15, 0.2) is 18.5 Å². The summed E-state index contributed by atoms with van der Waals surface area (Å²) in [7, 11) is 1.82. The first-order valence-corrected chi connectivity index (χ1v) is 5.99. The summed E-state index contributed by atoms with van der Waals surface area (Å²) < 4.78 is 15.2. The van der Waals surface area contributed by atoms with Crippen LogP contribution in [0, 0.1) is 0 Å². The second-order valence-electron chi connectivity index (χ2n) is 4.66. The van der Waals surface area contributed by atoms with Crippen molar-refractivity contribution in [1.82, 2.24) is 14.8 Å². The van der Waals surface area contributed by atoms with Crippen LogP contribution < -0.4 is 4.90 Å². The highest BCUT2D eigenvalue weighted by Crippen LogP contribution is 2.31. The Morgan fingerprint density at radius 1 is 1.56 bits per heavy atom. The Labute approximate surface area is 104 Å². The van der Waals surface area contributed by atoms with E-state index >= 15 is 0 Å². The van der Waals surface area contributed by atoms with Crippen LogP contribution >= 0.6 is 0 Å². The van der Waals surface area contributed by atoms with Crippen molar-refractivity contribution in [2.45, 2.75) is 18.6 Å². The average Bonchev–Trinajstić information content (AvgIpc) is 2.93. The topological polar surface area (TPSA) is 54.2 Å². The average molecular weight is 250 g/mol. The number of rotatable bonds is 2. The molecular formula is C12H15FN4O. The number of aliphatic hydroxyl groups is 1. The predicted octanol–water partition coefficient (Wildman–Crippen LogP) is 0.877. The molecule has 5 nitrogen and oxygen atoms in total. The summed E-state index contributed by atoms with van der Waals surface area (Å²) in [5, 5.41) is 14.4. The molecule has 1 fully saturated rings. The van der Waals surface area contributed by atoms with Crippen molar-refractivity contribution in [2.75, 3.05) is 18.1 Å². The van der Waals surface area contributed by atoms with Crippen molar-refractivity contribution >= 4 is 16.7 Å². The number of aryl methyl sites for hydroxylation is 1. The van der Waals surface area contributed by atoms with Crippen molar-refractivity contribution in [1.29, 1.82) is 0 Å². The second kappa shape index (κ2) is 4.20. The lowest BCUT2D eigenvalue weighted by molar-refractivity contribution is 0.256. The fraction of sp³-hybridized carbons (Fsp3) is 0.500. The molecule has 1 aliphatic heterocycles. The van der Waals surface area contributed by atoms with Gasteiger partial charge in [-0.1, -0.05) is 0 Å². The molecular weight excluding hydrogens is 235 g/mol. The molecule has 1 saturated heterocycles. The lowest BCUT2D eigenvalue weighted by atomic mass is 10.2. The van der Waals surface area contributed by atoms with E-state index in [4.69, 9.17) is 0 Å². The third-order valence-electron chi connectivity index (χ3n) is 3.50. The standard InChI is InChI=1S/C12H15FN4O/c1-16-12-10(5-15-16)11(2-3-14-12)17-6-8(13)4-9(17)7-18/h2-3,5,8-9,18H,4,6-7H2,1H3/t8-,9-/m0/s1. The van der Waals surface area contributed by atoms with Crippen molar-refractivity contribution < 1.29 is 9.50 Å². The molecule has 0 amide bonds. The van der Waals surface area contributed by atoms with E-state index in [1.54, 1.807) is 17.1 Å². The summed E-state index contributed by atoms with van der Waals surface area (Å²) in [6, 6.07) is 1.69. The van der Waals surface area contributed by atoms with E-state index in [2.05, 4.69) is 10.1 Å². The number of nitrogens with zero attached hydrogens (tertiary/aromatic N) is 4. The van der Waals surface area contributed by atoms with E-state index in [0.717, 1.165) is 16.7 Å². The summed E-state index contributed by atoms with van der Waals surface area (Å²) in [5.74, 6) is 0. The number of fused-ring (bicyclic) bond motifs is 1. The highest BCUT2D eigenvalue weighted by molar-refractivity contribution is 5.89. The van der Waals surface area contributed by atoms with Crippen LogP contribution in [-0.2, 0) is 7.05 Å². The molecule has 1 N–H and O–H groups in total. The molecule has 0 saturated carbocycles. The van der Waals surface area contributed by atoms with Gasteiger partial charge >= 0.3 is 0 Å². The van der Waals surface area contributed by atoms with Gasteiger partial charge in [0.2, 0.25) is 0 Å². The highest BCUT2D eigenvalue weighted by Gasteiger charge is 2.32. The zero-order valence-electron chi connectivity index (χ0n) is 10.1. The van der Waals surface area contributed by atoms with E-state index < -0.39 is 6.17 Å². The van der Waals surface area contributed by atoms with Crippen molar-refractivity contribution in [3.8, 4) is 0 Å². The van der Waals surface area contributed by atoms with Crippen LogP contribution in [0.1, 0.15) is 6.42 Å². The van der Waals surface area contributed by atoms with Crippen LogP contribution in [0.3, 0.4) is 0 Å². The van der Waals surface area contributed by atoms with E-state index in [-0.39, 0.29) is 12.6 Å². The van der Waals surface area contributed by atoms with Gasteiger partial charge in [0.15, 0.2) is 5.65 Å². The number of aromatic nitrogens is 3. The van der Waals surface area contributed by atoms with E-state index in [9.17, 15) is 9.50 Å². The zero-order valence-corrected chi connectivity index (χ0v) is 10.1. The maximum atomic E-state index is 13.5. The summed E-state index contributed by atoms with van der Waals surface area (Å²) in [6.45, 7) is 0.281. The first-order chi connectivity index (χ1) is 8.70. The van der Waals surface area contributed by atoms with Gasteiger partial charge in [-0.25, -0.2) is 9.37 Å². The monoisotopic (exact) mass is 250 g/mol. The molecule has 18 heavy (non-hydrogen) atoms. The van der Waals surface area contributed by atoms with Crippen molar-refractivity contribution in [3.05, 3.63) is 18.5 Å². The summed E-state index contributed by atoms with van der Waals surface area (Å²) in [5.41, 5.74) is 1.67. The number of pyridine rings is 1. The number of hydrogen-bond donors (Lipinski definition) is 1. The van der Waals surface area contributed by atoms with Gasteiger partial charge in [0.05, 0.1) is 29.9 Å². The molecule has 0 aliphatic carbocycles. The Hall–Kier alpha value is -1.69. The fourth-order valence-electron chi connectivity index (χ4n) is 2.61. The number of alkyl halides is 1. The molecule has 2 atom stereocenters. The largest absolute Gasteiger partial charge is 0.394 e. The quantitative estimate of drug-likeness (QED) is 0.859. The smallest absolute Gasteiger partial charge is 0.159 e. The summed E-state index contributed by atoms with van der Waals surface area (Å²) >= 11 is 0. The third kappa shape index (κ3) is 1.64. The van der Waals surface area contributed by atoms with Gasteiger partial charge in [0.25, 0.3) is 0 Å². The van der Waals surface area contributed by atoms with Crippen LogP contribution in [-0.4, -0.2) is 45.2 Å². The molecule has 0 unspecified atom stereocenters. The van der Waals surface area contributed by atoms with E-state index in [0.29, 0.717) is 13.0 Å². The Kier molecular flexibility index (Phi) is 2.66. The van der Waals surface area contributed by atoms with E-state index in [1.807, 2.05) is 18.0 Å². The predicted molar refractivity (Wildman–Crippen MR) is 66.2 cm³/mol. The minimum atomic E-state index is -0.887. The normalized spacial score (nSPS) is 24.1. The lowest BCUT2D eigenvalue weighted by Crippen LogP contribution is -2.32. The molecule has 0 aromatic carbocycles. The van der Waals surface area contributed by atoms with Gasteiger partial charge < -0.3 is 10.0 Å². The molecule has 96 valence electrons. The number of aliphatic hydroxyl groups excluding tert-OH is 1. The lowest BCUT2D eigenvalue weighted by Gasteiger charge is -2.25. The molecule has 0 spiro atoms. The Morgan fingerprint density at radius 3 is 3.17 bits per heavy atom. The van der Waals surface area contributed by atoms with Crippen molar-refractivity contribution in [3.63, 3.8) is 0 Å². The van der Waals surface area contributed by atoms with Crippen LogP contribution in [0.4, 0.5) is 10.1 Å². The number of anilines is 1. The third-order valence-corrected chi connectivity index (χ3v) is 3.50. The van der Waals surface area contributed by atoms with Gasteiger partial charge in [0.1, 0.15) is 6.17 Å². The zero-order chi connectivity index (χ0) is 12.7. The fourth-order valence-corrected chi connectivity index (χ4v) is 2.61. The summed E-state index contributed by atoms with van der Waals surface area (Å²) in [4.78, 5) is 6.17. The van der Waals surface area contributed by atoms with Gasteiger partial charge in [-0.2, -0.15) is 5.10 Å². The molecule has 2 aromatic heterocycles. The van der Waals surface area contributed by atoms with Gasteiger partial charge in [0, 0.05) is 26.2 Å². The van der Waals surface area contributed by atoms with Crippen molar-refractivity contribution in [2.24, 2.45) is 7.05 Å². The summed E-state index contributed by atoms with van der Waals surface area (Å²) in [6.07, 6.45) is 2.92. The van der Waals surface area contributed by atoms with Gasteiger partial charge in [-0.3, -0.25) is 4.68 Å². The Balaban J connectivity index is 2.08. The molecule has 0 bridgehead atoms. The minimum Gasteiger partial charge on any atom is -0.394 e. The highest BCUT2D eigenvalue weighted by atomic mass is 19.1. The molecule has 3 heterocycles. The van der Waals surface area contributed by atoms with Crippen LogP contribution in [0.2, 0.25) is 0 Å². The number of halogens is 1. The SMILES string of the molecule is Cn1ncc2c(N3C[C@@H](F)C[C@H]3CO)ccnc21. The van der Waals surface area contributed by atoms with E-state index in [1.165, 1.54) is 0 Å². The van der Waals surface area contributed by atoms with Gasteiger partial charge in [-0.15, -0.1) is 0 Å². The van der Waals surface area contributed by atoms with Crippen LogP contribution in [0.5, 0.6) is 0 Å².